The fraction of sp³-hybridized carbons (Fsp3) is 0.269. The fourth-order valence-electron chi connectivity index (χ4n) is 3.40. The largest absolute Gasteiger partial charge is 0.494 e. The highest BCUT2D eigenvalue weighted by Gasteiger charge is 2.13. The van der Waals surface area contributed by atoms with Gasteiger partial charge in [0.25, 0.3) is 0 Å². The van der Waals surface area contributed by atoms with Crippen LogP contribution in [0.5, 0.6) is 5.75 Å². The Bertz CT molecular complexity index is 1090. The number of nitrogen functional groups attached to an aromatic ring is 1. The monoisotopic (exact) mass is 410 g/mol. The van der Waals surface area contributed by atoms with Gasteiger partial charge < -0.3 is 10.5 Å². The predicted octanol–water partition coefficient (Wildman–Crippen LogP) is 6.09. The molecular formula is C26H26N4O. The maximum Gasteiger partial charge on any atom is 0.142 e. The number of nitriles is 2. The number of unbranched alkanes of at least 4 members (excludes halogenated alkanes) is 4. The molecule has 1 aromatic heterocycles. The van der Waals surface area contributed by atoms with Crippen molar-refractivity contribution in [3.8, 4) is 40.3 Å². The molecule has 3 aromatic rings. The first kappa shape index (κ1) is 21.9. The Kier molecular flexibility index (Phi) is 7.62. The van der Waals surface area contributed by atoms with E-state index in [-0.39, 0.29) is 5.82 Å². The van der Waals surface area contributed by atoms with Crippen LogP contribution in [0.25, 0.3) is 22.4 Å². The van der Waals surface area contributed by atoms with E-state index in [0.29, 0.717) is 23.4 Å². The molecule has 0 saturated carbocycles. The third-order valence-corrected chi connectivity index (χ3v) is 5.15. The molecule has 5 heteroatoms. The average molecular weight is 411 g/mol. The molecule has 2 N–H and O–H groups in total. The Labute approximate surface area is 183 Å². The smallest absolute Gasteiger partial charge is 0.142 e. The van der Waals surface area contributed by atoms with Gasteiger partial charge in [-0.1, -0.05) is 56.9 Å². The van der Waals surface area contributed by atoms with E-state index in [1.165, 1.54) is 25.7 Å². The van der Waals surface area contributed by atoms with Crippen molar-refractivity contribution >= 4 is 5.82 Å². The van der Waals surface area contributed by atoms with Crippen LogP contribution in [0.1, 0.15) is 50.2 Å². The normalized spacial score (nSPS) is 10.3. The second-order valence-corrected chi connectivity index (χ2v) is 7.40. The van der Waals surface area contributed by atoms with E-state index < -0.39 is 0 Å². The zero-order valence-electron chi connectivity index (χ0n) is 17.8. The van der Waals surface area contributed by atoms with E-state index in [2.05, 4.69) is 24.0 Å². The van der Waals surface area contributed by atoms with Crippen LogP contribution in [-0.2, 0) is 0 Å². The molecule has 0 radical (unpaired) electrons. The lowest BCUT2D eigenvalue weighted by atomic mass is 9.98. The zero-order chi connectivity index (χ0) is 22.1. The van der Waals surface area contributed by atoms with Crippen molar-refractivity contribution in [2.75, 3.05) is 12.3 Å². The second-order valence-electron chi connectivity index (χ2n) is 7.40. The summed E-state index contributed by atoms with van der Waals surface area (Å²) in [5.74, 6) is 0.999. The molecule has 0 amide bonds. The molecule has 0 aliphatic heterocycles. The third-order valence-electron chi connectivity index (χ3n) is 5.15. The molecule has 2 aromatic carbocycles. The van der Waals surface area contributed by atoms with Crippen LogP contribution in [-0.4, -0.2) is 11.6 Å². The van der Waals surface area contributed by atoms with Crippen LogP contribution in [0, 0.1) is 22.7 Å². The molecule has 0 saturated heterocycles. The minimum Gasteiger partial charge on any atom is -0.494 e. The van der Waals surface area contributed by atoms with Crippen molar-refractivity contribution in [2.45, 2.75) is 39.0 Å². The van der Waals surface area contributed by atoms with Gasteiger partial charge in [0, 0.05) is 11.1 Å². The molecule has 0 aliphatic carbocycles. The molecule has 156 valence electrons. The van der Waals surface area contributed by atoms with Crippen molar-refractivity contribution in [2.24, 2.45) is 0 Å². The molecule has 31 heavy (non-hydrogen) atoms. The van der Waals surface area contributed by atoms with E-state index in [1.807, 2.05) is 42.5 Å². The molecule has 0 unspecified atom stereocenters. The summed E-state index contributed by atoms with van der Waals surface area (Å²) in [6, 6.07) is 21.0. The molecule has 0 spiro atoms. The first-order valence-corrected chi connectivity index (χ1v) is 10.6. The Hall–Kier alpha value is -3.83. The topological polar surface area (TPSA) is 95.7 Å². The first-order chi connectivity index (χ1) is 15.2. The predicted molar refractivity (Wildman–Crippen MR) is 123 cm³/mol. The van der Waals surface area contributed by atoms with Gasteiger partial charge in [-0.15, -0.1) is 0 Å². The summed E-state index contributed by atoms with van der Waals surface area (Å²) in [6.45, 7) is 2.91. The number of aromatic nitrogens is 1. The standard InChI is InChI=1S/C26H26N4O/c1-2-3-4-5-6-15-31-22-13-11-20(12-14-22)23-16-25(30-26(29)24(23)18-28)21-9-7-19(17-27)8-10-21/h7-14,16H,2-6,15H2,1H3,(H2,29,30). The summed E-state index contributed by atoms with van der Waals surface area (Å²) in [5, 5.41) is 18.6. The number of benzene rings is 2. The lowest BCUT2D eigenvalue weighted by Crippen LogP contribution is -2.00. The number of hydrogen-bond acceptors (Lipinski definition) is 5. The van der Waals surface area contributed by atoms with Gasteiger partial charge in [-0.2, -0.15) is 10.5 Å². The summed E-state index contributed by atoms with van der Waals surface area (Å²) < 4.78 is 5.84. The van der Waals surface area contributed by atoms with Gasteiger partial charge in [-0.25, -0.2) is 4.98 Å². The molecule has 0 aliphatic rings. The minimum absolute atomic E-state index is 0.187. The minimum atomic E-state index is 0.187. The first-order valence-electron chi connectivity index (χ1n) is 10.6. The van der Waals surface area contributed by atoms with E-state index in [1.54, 1.807) is 12.1 Å². The number of anilines is 1. The Morgan fingerprint density at radius 2 is 1.55 bits per heavy atom. The molecule has 1 heterocycles. The van der Waals surface area contributed by atoms with Crippen LogP contribution >= 0.6 is 0 Å². The summed E-state index contributed by atoms with van der Waals surface area (Å²) in [6.07, 6.45) is 6.00. The highest BCUT2D eigenvalue weighted by atomic mass is 16.5. The average Bonchev–Trinajstić information content (AvgIpc) is 2.81. The van der Waals surface area contributed by atoms with Gasteiger partial charge in [0.15, 0.2) is 0 Å². The fourth-order valence-corrected chi connectivity index (χ4v) is 3.40. The zero-order valence-corrected chi connectivity index (χ0v) is 17.8. The molecule has 0 bridgehead atoms. The van der Waals surface area contributed by atoms with Gasteiger partial charge in [0.1, 0.15) is 23.2 Å². The van der Waals surface area contributed by atoms with Crippen LogP contribution in [0.3, 0.4) is 0 Å². The highest BCUT2D eigenvalue weighted by Crippen LogP contribution is 2.32. The number of hydrogen-bond donors (Lipinski definition) is 1. The van der Waals surface area contributed by atoms with Crippen molar-refractivity contribution in [1.29, 1.82) is 10.5 Å². The number of rotatable bonds is 9. The Morgan fingerprint density at radius 3 is 2.19 bits per heavy atom. The lowest BCUT2D eigenvalue weighted by Gasteiger charge is -2.11. The quantitative estimate of drug-likeness (QED) is 0.431. The molecule has 0 atom stereocenters. The van der Waals surface area contributed by atoms with Crippen molar-refractivity contribution < 1.29 is 4.74 Å². The molecule has 3 rings (SSSR count). The molecule has 0 fully saturated rings. The summed E-state index contributed by atoms with van der Waals surface area (Å²) in [5.41, 5.74) is 10.1. The van der Waals surface area contributed by atoms with Crippen molar-refractivity contribution in [3.05, 3.63) is 65.7 Å². The van der Waals surface area contributed by atoms with E-state index in [4.69, 9.17) is 15.7 Å². The van der Waals surface area contributed by atoms with E-state index in [9.17, 15) is 5.26 Å². The summed E-state index contributed by atoms with van der Waals surface area (Å²) in [7, 11) is 0. The molecule has 5 nitrogen and oxygen atoms in total. The second kappa shape index (κ2) is 10.8. The third kappa shape index (κ3) is 5.62. The number of nitrogens with two attached hydrogens (primary N) is 1. The lowest BCUT2D eigenvalue weighted by molar-refractivity contribution is 0.304. The highest BCUT2D eigenvalue weighted by molar-refractivity contribution is 5.80. The number of ether oxygens (including phenoxy) is 1. The summed E-state index contributed by atoms with van der Waals surface area (Å²) >= 11 is 0. The van der Waals surface area contributed by atoms with Crippen LogP contribution < -0.4 is 10.5 Å². The SMILES string of the molecule is CCCCCCCOc1ccc(-c2cc(-c3ccc(C#N)cc3)nc(N)c2C#N)cc1. The van der Waals surface area contributed by atoms with Crippen molar-refractivity contribution in [3.63, 3.8) is 0 Å². The van der Waals surface area contributed by atoms with Gasteiger partial charge in [-0.3, -0.25) is 0 Å². The van der Waals surface area contributed by atoms with Crippen molar-refractivity contribution in [1.82, 2.24) is 4.98 Å². The van der Waals surface area contributed by atoms with Gasteiger partial charge >= 0.3 is 0 Å². The summed E-state index contributed by atoms with van der Waals surface area (Å²) in [4.78, 5) is 4.39. The Balaban J connectivity index is 1.80. The van der Waals surface area contributed by atoms with Gasteiger partial charge in [0.05, 0.1) is 23.9 Å². The maximum absolute atomic E-state index is 9.62. The van der Waals surface area contributed by atoms with E-state index in [0.717, 1.165) is 28.9 Å². The number of pyridine rings is 1. The van der Waals surface area contributed by atoms with Crippen LogP contribution in [0.15, 0.2) is 54.6 Å². The van der Waals surface area contributed by atoms with Gasteiger partial charge in [-0.05, 0) is 42.3 Å². The Morgan fingerprint density at radius 1 is 0.871 bits per heavy atom. The van der Waals surface area contributed by atoms with E-state index >= 15 is 0 Å². The number of nitrogens with zero attached hydrogens (tertiary/aromatic N) is 3. The van der Waals surface area contributed by atoms with Crippen LogP contribution in [0.4, 0.5) is 5.82 Å². The maximum atomic E-state index is 9.62. The van der Waals surface area contributed by atoms with Crippen LogP contribution in [0.2, 0.25) is 0 Å². The molecular weight excluding hydrogens is 384 g/mol. The van der Waals surface area contributed by atoms with Gasteiger partial charge in [0.2, 0.25) is 0 Å².